The molecular weight excluding hydrogens is 128 g/mol. The Morgan fingerprint density at radius 3 is 3.00 bits per heavy atom. The van der Waals surface area contributed by atoms with E-state index in [2.05, 4.69) is 9.97 Å². The standard InChI is InChI=1S/C7H8N2O/c10-5-1-2-7-6-8-3-4-9-7/h1-4,6,10H,5H2/b2-1+. The molecule has 0 unspecified atom stereocenters. The highest BCUT2D eigenvalue weighted by Crippen LogP contribution is 1.91. The Hall–Kier alpha value is -1.22. The van der Waals surface area contributed by atoms with Crippen molar-refractivity contribution in [2.45, 2.75) is 0 Å². The molecule has 0 saturated heterocycles. The first-order valence-electron chi connectivity index (χ1n) is 2.97. The van der Waals surface area contributed by atoms with Gasteiger partial charge in [-0.15, -0.1) is 0 Å². The van der Waals surface area contributed by atoms with Gasteiger partial charge in [0.25, 0.3) is 0 Å². The lowest BCUT2D eigenvalue weighted by Gasteiger charge is -1.86. The molecule has 0 aromatic carbocycles. The van der Waals surface area contributed by atoms with Crippen molar-refractivity contribution in [3.8, 4) is 0 Å². The molecule has 1 N–H and O–H groups in total. The summed E-state index contributed by atoms with van der Waals surface area (Å²) in [6, 6.07) is 0. The van der Waals surface area contributed by atoms with Crippen molar-refractivity contribution in [1.82, 2.24) is 9.97 Å². The number of rotatable bonds is 2. The second-order valence-electron chi connectivity index (χ2n) is 1.72. The fourth-order valence-corrected chi connectivity index (χ4v) is 0.570. The molecule has 0 radical (unpaired) electrons. The number of aliphatic hydroxyl groups excluding tert-OH is 1. The highest BCUT2D eigenvalue weighted by atomic mass is 16.2. The summed E-state index contributed by atoms with van der Waals surface area (Å²) in [5.74, 6) is 0. The molecule has 0 aliphatic heterocycles. The average molecular weight is 136 g/mol. The summed E-state index contributed by atoms with van der Waals surface area (Å²) in [6.07, 6.45) is 8.18. The topological polar surface area (TPSA) is 46.0 Å². The van der Waals surface area contributed by atoms with Gasteiger partial charge in [0.2, 0.25) is 0 Å². The van der Waals surface area contributed by atoms with E-state index in [0.29, 0.717) is 0 Å². The van der Waals surface area contributed by atoms with Crippen LogP contribution in [0.2, 0.25) is 0 Å². The molecule has 0 saturated carbocycles. The molecule has 1 aromatic rings. The summed E-state index contributed by atoms with van der Waals surface area (Å²) < 4.78 is 0. The maximum Gasteiger partial charge on any atom is 0.0810 e. The molecule has 3 nitrogen and oxygen atoms in total. The van der Waals surface area contributed by atoms with Crippen LogP contribution in [0.1, 0.15) is 5.69 Å². The van der Waals surface area contributed by atoms with E-state index in [-0.39, 0.29) is 6.61 Å². The van der Waals surface area contributed by atoms with E-state index in [1.54, 1.807) is 30.7 Å². The summed E-state index contributed by atoms with van der Waals surface area (Å²) in [4.78, 5) is 7.80. The predicted octanol–water partition coefficient (Wildman–Crippen LogP) is 0.482. The van der Waals surface area contributed by atoms with Gasteiger partial charge >= 0.3 is 0 Å². The van der Waals surface area contributed by atoms with Gasteiger partial charge in [-0.2, -0.15) is 0 Å². The van der Waals surface area contributed by atoms with E-state index in [0.717, 1.165) is 5.69 Å². The highest BCUT2D eigenvalue weighted by molar-refractivity contribution is 5.42. The molecule has 1 rings (SSSR count). The Morgan fingerprint density at radius 2 is 2.40 bits per heavy atom. The van der Waals surface area contributed by atoms with Gasteiger partial charge in [-0.3, -0.25) is 9.97 Å². The number of nitrogens with zero attached hydrogens (tertiary/aromatic N) is 2. The molecule has 1 heterocycles. The Morgan fingerprint density at radius 1 is 1.50 bits per heavy atom. The minimum absolute atomic E-state index is 0.0383. The lowest BCUT2D eigenvalue weighted by atomic mass is 10.4. The fourth-order valence-electron chi connectivity index (χ4n) is 0.570. The van der Waals surface area contributed by atoms with Crippen LogP contribution in [-0.4, -0.2) is 21.7 Å². The third-order valence-electron chi connectivity index (χ3n) is 0.977. The maximum atomic E-state index is 8.39. The van der Waals surface area contributed by atoms with Crippen LogP contribution in [0.4, 0.5) is 0 Å². The Kier molecular flexibility index (Phi) is 2.58. The van der Waals surface area contributed by atoms with E-state index in [1.807, 2.05) is 0 Å². The second kappa shape index (κ2) is 3.74. The van der Waals surface area contributed by atoms with Gasteiger partial charge in [0.15, 0.2) is 0 Å². The molecule has 52 valence electrons. The minimum Gasteiger partial charge on any atom is -0.392 e. The van der Waals surface area contributed by atoms with Crippen LogP contribution in [0.25, 0.3) is 6.08 Å². The van der Waals surface area contributed by atoms with Crippen LogP contribution < -0.4 is 0 Å². The number of aliphatic hydroxyl groups is 1. The van der Waals surface area contributed by atoms with Crippen molar-refractivity contribution in [3.05, 3.63) is 30.4 Å². The van der Waals surface area contributed by atoms with Crippen LogP contribution in [0, 0.1) is 0 Å². The summed E-state index contributed by atoms with van der Waals surface area (Å²) in [5, 5.41) is 8.39. The Labute approximate surface area is 59.1 Å². The molecule has 0 amide bonds. The van der Waals surface area contributed by atoms with E-state index in [4.69, 9.17) is 5.11 Å². The summed E-state index contributed by atoms with van der Waals surface area (Å²) in [5.41, 5.74) is 0.761. The lowest BCUT2D eigenvalue weighted by molar-refractivity contribution is 0.343. The van der Waals surface area contributed by atoms with Crippen LogP contribution in [0.3, 0.4) is 0 Å². The largest absolute Gasteiger partial charge is 0.392 e. The lowest BCUT2D eigenvalue weighted by Crippen LogP contribution is -1.80. The molecule has 0 spiro atoms. The number of hydrogen-bond acceptors (Lipinski definition) is 3. The molecule has 0 bridgehead atoms. The van der Waals surface area contributed by atoms with Crippen molar-refractivity contribution in [2.24, 2.45) is 0 Å². The highest BCUT2D eigenvalue weighted by Gasteiger charge is 1.81. The van der Waals surface area contributed by atoms with Crippen molar-refractivity contribution >= 4 is 6.08 Å². The first-order chi connectivity index (χ1) is 4.93. The van der Waals surface area contributed by atoms with E-state index in [1.165, 1.54) is 0 Å². The fraction of sp³-hybridized carbons (Fsp3) is 0.143. The van der Waals surface area contributed by atoms with Gasteiger partial charge in [0, 0.05) is 12.4 Å². The quantitative estimate of drug-likeness (QED) is 0.643. The number of aromatic nitrogens is 2. The molecule has 0 aliphatic rings. The first kappa shape index (κ1) is 6.89. The third-order valence-corrected chi connectivity index (χ3v) is 0.977. The van der Waals surface area contributed by atoms with Crippen molar-refractivity contribution in [3.63, 3.8) is 0 Å². The molecular formula is C7H8N2O. The normalized spacial score (nSPS) is 10.5. The minimum atomic E-state index is 0.0383. The molecule has 3 heteroatoms. The van der Waals surface area contributed by atoms with Crippen molar-refractivity contribution in [2.75, 3.05) is 6.61 Å². The van der Waals surface area contributed by atoms with Gasteiger partial charge < -0.3 is 5.11 Å². The van der Waals surface area contributed by atoms with E-state index >= 15 is 0 Å². The zero-order valence-electron chi connectivity index (χ0n) is 5.44. The van der Waals surface area contributed by atoms with Crippen LogP contribution >= 0.6 is 0 Å². The molecule has 1 aromatic heterocycles. The third kappa shape index (κ3) is 1.95. The summed E-state index contributed by atoms with van der Waals surface area (Å²) >= 11 is 0. The van der Waals surface area contributed by atoms with Gasteiger partial charge in [0.05, 0.1) is 18.5 Å². The van der Waals surface area contributed by atoms with Crippen LogP contribution in [0.5, 0.6) is 0 Å². The molecule has 10 heavy (non-hydrogen) atoms. The smallest absolute Gasteiger partial charge is 0.0810 e. The van der Waals surface area contributed by atoms with E-state index < -0.39 is 0 Å². The van der Waals surface area contributed by atoms with Gasteiger partial charge in [0.1, 0.15) is 0 Å². The van der Waals surface area contributed by atoms with Gasteiger partial charge in [-0.25, -0.2) is 0 Å². The molecule has 0 atom stereocenters. The second-order valence-corrected chi connectivity index (χ2v) is 1.72. The Bertz CT molecular complexity index is 208. The van der Waals surface area contributed by atoms with E-state index in [9.17, 15) is 0 Å². The average Bonchev–Trinajstić information content (AvgIpc) is 2.03. The zero-order valence-corrected chi connectivity index (χ0v) is 5.44. The summed E-state index contributed by atoms with van der Waals surface area (Å²) in [7, 11) is 0. The van der Waals surface area contributed by atoms with Crippen molar-refractivity contribution in [1.29, 1.82) is 0 Å². The van der Waals surface area contributed by atoms with Gasteiger partial charge in [-0.1, -0.05) is 6.08 Å². The van der Waals surface area contributed by atoms with Crippen LogP contribution in [-0.2, 0) is 0 Å². The maximum absolute atomic E-state index is 8.39. The number of hydrogen-bond donors (Lipinski definition) is 1. The first-order valence-corrected chi connectivity index (χ1v) is 2.97. The van der Waals surface area contributed by atoms with Crippen molar-refractivity contribution < 1.29 is 5.11 Å². The summed E-state index contributed by atoms with van der Waals surface area (Å²) in [6.45, 7) is 0.0383. The Balaban J connectivity index is 2.67. The van der Waals surface area contributed by atoms with Gasteiger partial charge in [-0.05, 0) is 6.08 Å². The monoisotopic (exact) mass is 136 g/mol. The molecule has 0 fully saturated rings. The predicted molar refractivity (Wildman–Crippen MR) is 38.2 cm³/mol. The van der Waals surface area contributed by atoms with Crippen LogP contribution in [0.15, 0.2) is 24.7 Å². The zero-order chi connectivity index (χ0) is 7.23. The SMILES string of the molecule is OC/C=C/c1cnccn1. The molecule has 0 aliphatic carbocycles.